The molecule has 2 N–H and O–H groups in total. The van der Waals surface area contributed by atoms with E-state index in [9.17, 15) is 14.4 Å². The fourth-order valence-corrected chi connectivity index (χ4v) is 6.72. The van der Waals surface area contributed by atoms with Gasteiger partial charge in [-0.05, 0) is 0 Å². The molecule has 0 aromatic rings. The molecule has 0 aromatic carbocycles. The Labute approximate surface area is 239 Å². The van der Waals surface area contributed by atoms with Crippen LogP contribution in [0.3, 0.4) is 0 Å². The maximum Gasteiger partial charge on any atom is 0.316 e. The van der Waals surface area contributed by atoms with Gasteiger partial charge in [0.1, 0.15) is 23.8 Å². The molecule has 0 saturated heterocycles. The molecule has 0 aromatic heterocycles. The van der Waals surface area contributed by atoms with Crippen molar-refractivity contribution in [3.05, 3.63) is 0 Å². The minimum absolute atomic E-state index is 0.0681. The third-order valence-corrected chi connectivity index (χ3v) is 10.0. The number of hydrogen-bond donors (Lipinski definition) is 2. The molecule has 0 atom stereocenters. The van der Waals surface area contributed by atoms with E-state index in [4.69, 9.17) is 34.2 Å². The standard InChI is InChI=1S/C17H30O10S8/c18-6-32-8-23-15(20)3-29-12-28-2-1-26-27-11-35-14-31-5-17(22)25-10-34-13-30-4-16(21)24-9-33-7-19/h18-19H,1-14H2. The average Bonchev–Trinajstić information content (AvgIpc) is 2.84. The number of carbonyl (C=O) groups excluding carboxylic acids is 3. The van der Waals surface area contributed by atoms with E-state index in [1.165, 1.54) is 58.8 Å². The molecule has 0 heterocycles. The van der Waals surface area contributed by atoms with Crippen molar-refractivity contribution in [3.63, 3.8) is 0 Å². The number of hydrogen-bond acceptors (Lipinski definition) is 18. The van der Waals surface area contributed by atoms with Gasteiger partial charge in [0.2, 0.25) is 0 Å². The molecule has 0 amide bonds. The van der Waals surface area contributed by atoms with Crippen molar-refractivity contribution in [1.82, 2.24) is 0 Å². The lowest BCUT2D eigenvalue weighted by molar-refractivity contribution is -0.274. The summed E-state index contributed by atoms with van der Waals surface area (Å²) >= 11 is 11.0. The van der Waals surface area contributed by atoms with E-state index in [0.29, 0.717) is 22.7 Å². The molecular weight excluding hydrogens is 621 g/mol. The van der Waals surface area contributed by atoms with E-state index >= 15 is 0 Å². The summed E-state index contributed by atoms with van der Waals surface area (Å²) in [5, 5.41) is 19.1. The van der Waals surface area contributed by atoms with Crippen LogP contribution in [0.15, 0.2) is 0 Å². The zero-order valence-corrected chi connectivity index (χ0v) is 25.4. The molecule has 35 heavy (non-hydrogen) atoms. The predicted molar refractivity (Wildman–Crippen MR) is 154 cm³/mol. The minimum Gasteiger partial charge on any atom is -0.454 e. The molecule has 0 rings (SSSR count). The largest absolute Gasteiger partial charge is 0.454 e. The van der Waals surface area contributed by atoms with Gasteiger partial charge in [0.25, 0.3) is 0 Å². The Morgan fingerprint density at radius 1 is 0.514 bits per heavy atom. The van der Waals surface area contributed by atoms with E-state index in [1.807, 2.05) is 0 Å². The number of aliphatic hydroxyl groups excluding tert-OH is 2. The first kappa shape index (κ1) is 36.0. The summed E-state index contributed by atoms with van der Waals surface area (Å²) in [7, 11) is 0. The summed E-state index contributed by atoms with van der Waals surface area (Å²) < 4.78 is 14.8. The lowest BCUT2D eigenvalue weighted by Crippen LogP contribution is -2.08. The van der Waals surface area contributed by atoms with Crippen LogP contribution in [-0.2, 0) is 38.4 Å². The van der Waals surface area contributed by atoms with E-state index in [-0.39, 0.29) is 64.9 Å². The van der Waals surface area contributed by atoms with Crippen molar-refractivity contribution in [2.45, 2.75) is 0 Å². The van der Waals surface area contributed by atoms with Crippen LogP contribution in [0.1, 0.15) is 0 Å². The minimum atomic E-state index is -0.336. The van der Waals surface area contributed by atoms with Crippen LogP contribution in [-0.4, -0.2) is 109 Å². The highest BCUT2D eigenvalue weighted by molar-refractivity contribution is 8.17. The van der Waals surface area contributed by atoms with Crippen molar-refractivity contribution in [1.29, 1.82) is 0 Å². The van der Waals surface area contributed by atoms with Crippen LogP contribution in [0, 0.1) is 0 Å². The summed E-state index contributed by atoms with van der Waals surface area (Å²) in [4.78, 5) is 44.4. The molecule has 206 valence electrons. The second kappa shape index (κ2) is 29.6. The van der Waals surface area contributed by atoms with Gasteiger partial charge in [-0.15, -0.1) is 70.6 Å². The van der Waals surface area contributed by atoms with E-state index in [0.717, 1.165) is 34.4 Å². The Hall–Kier alpha value is 1.05. The topological polar surface area (TPSA) is 138 Å². The third-order valence-electron chi connectivity index (χ3n) is 2.78. The SMILES string of the molecule is O=C(CSCSCCOOCSCSCC(=O)OCSCSCC(=O)OCSCO)OCSCO. The molecular formula is C17H30O10S8. The van der Waals surface area contributed by atoms with Gasteiger partial charge in [-0.3, -0.25) is 14.4 Å². The van der Waals surface area contributed by atoms with Gasteiger partial charge in [-0.2, -0.15) is 0 Å². The summed E-state index contributed by atoms with van der Waals surface area (Å²) in [6.07, 6.45) is 0. The molecule has 0 unspecified atom stereocenters. The van der Waals surface area contributed by atoms with Crippen LogP contribution in [0.2, 0.25) is 0 Å². The number of carbonyl (C=O) groups is 3. The van der Waals surface area contributed by atoms with Gasteiger partial charge in [-0.25, -0.2) is 9.78 Å². The lowest BCUT2D eigenvalue weighted by Gasteiger charge is -2.06. The van der Waals surface area contributed by atoms with Gasteiger partial charge >= 0.3 is 17.9 Å². The fraction of sp³-hybridized carbons (Fsp3) is 0.824. The Morgan fingerprint density at radius 2 is 0.943 bits per heavy atom. The Morgan fingerprint density at radius 3 is 1.43 bits per heavy atom. The highest BCUT2D eigenvalue weighted by atomic mass is 32.2. The molecule has 0 aliphatic heterocycles. The smallest absolute Gasteiger partial charge is 0.316 e. The summed E-state index contributed by atoms with van der Waals surface area (Å²) in [6, 6.07) is 0. The zero-order chi connectivity index (χ0) is 25.8. The van der Waals surface area contributed by atoms with Crippen LogP contribution in [0.5, 0.6) is 0 Å². The number of thioether (sulfide) groups is 8. The van der Waals surface area contributed by atoms with Gasteiger partial charge < -0.3 is 24.4 Å². The molecule has 0 saturated carbocycles. The summed E-state index contributed by atoms with van der Waals surface area (Å²) in [6.45, 7) is 0.433. The van der Waals surface area contributed by atoms with E-state index in [1.54, 1.807) is 11.8 Å². The highest BCUT2D eigenvalue weighted by Crippen LogP contribution is 2.16. The Balaban J connectivity index is 3.26. The molecule has 0 aliphatic rings. The third kappa shape index (κ3) is 29.5. The van der Waals surface area contributed by atoms with Gasteiger partial charge in [0, 0.05) is 21.0 Å². The predicted octanol–water partition coefficient (Wildman–Crippen LogP) is 3.03. The summed E-state index contributed by atoms with van der Waals surface area (Å²) in [5.74, 6) is 1.30. The second-order valence-electron chi connectivity index (χ2n) is 5.34. The average molecular weight is 651 g/mol. The monoisotopic (exact) mass is 650 g/mol. The van der Waals surface area contributed by atoms with E-state index in [2.05, 4.69) is 0 Å². The molecule has 18 heteroatoms. The van der Waals surface area contributed by atoms with Gasteiger partial charge in [-0.1, -0.05) is 23.5 Å². The van der Waals surface area contributed by atoms with Crippen LogP contribution >= 0.6 is 94.1 Å². The zero-order valence-electron chi connectivity index (χ0n) is 18.8. The summed E-state index contributed by atoms with van der Waals surface area (Å²) in [5.41, 5.74) is 0. The first-order valence-electron chi connectivity index (χ1n) is 9.65. The quantitative estimate of drug-likeness (QED) is 0.0354. The second-order valence-corrected chi connectivity index (χ2v) is 14.2. The molecule has 0 aliphatic carbocycles. The number of rotatable bonds is 26. The maximum absolute atomic E-state index is 11.6. The van der Waals surface area contributed by atoms with Crippen molar-refractivity contribution in [3.8, 4) is 0 Å². The Bertz CT molecular complexity index is 535. The molecule has 0 spiro atoms. The van der Waals surface area contributed by atoms with Crippen molar-refractivity contribution in [2.75, 3.05) is 80.5 Å². The molecule has 0 bridgehead atoms. The first-order valence-corrected chi connectivity index (χ1v) is 18.9. The number of esters is 3. The Kier molecular flexibility index (Phi) is 30.5. The van der Waals surface area contributed by atoms with Crippen molar-refractivity contribution < 1.29 is 48.6 Å². The first-order chi connectivity index (χ1) is 17.1. The normalized spacial score (nSPS) is 10.8. The van der Waals surface area contributed by atoms with E-state index < -0.39 is 0 Å². The molecule has 0 radical (unpaired) electrons. The van der Waals surface area contributed by atoms with Crippen molar-refractivity contribution in [2.24, 2.45) is 0 Å². The van der Waals surface area contributed by atoms with Gasteiger partial charge in [0.05, 0.1) is 35.7 Å². The van der Waals surface area contributed by atoms with Crippen LogP contribution in [0.4, 0.5) is 0 Å². The highest BCUT2D eigenvalue weighted by Gasteiger charge is 2.06. The lowest BCUT2D eigenvalue weighted by atomic mass is 10.8. The molecule has 0 fully saturated rings. The van der Waals surface area contributed by atoms with Gasteiger partial charge in [0.15, 0.2) is 0 Å². The fourth-order valence-electron chi connectivity index (χ4n) is 1.42. The molecule has 10 nitrogen and oxygen atoms in total. The number of aliphatic hydroxyl groups is 2. The maximum atomic E-state index is 11.6. The van der Waals surface area contributed by atoms with Crippen molar-refractivity contribution >= 4 is 112 Å². The number of ether oxygens (including phenoxy) is 3. The van der Waals surface area contributed by atoms with Crippen LogP contribution in [0.25, 0.3) is 0 Å². The van der Waals surface area contributed by atoms with Crippen LogP contribution < -0.4 is 0 Å².